The van der Waals surface area contributed by atoms with Gasteiger partial charge in [-0.15, -0.1) is 10.2 Å². The fourth-order valence-electron chi connectivity index (χ4n) is 4.49. The number of rotatable bonds is 5. The van der Waals surface area contributed by atoms with E-state index < -0.39 is 0 Å². The van der Waals surface area contributed by atoms with E-state index in [2.05, 4.69) is 63.6 Å². The van der Waals surface area contributed by atoms with Crippen molar-refractivity contribution in [1.82, 2.24) is 29.1 Å². The van der Waals surface area contributed by atoms with E-state index in [0.717, 1.165) is 54.5 Å². The highest BCUT2D eigenvalue weighted by atomic mass is 16.5. The van der Waals surface area contributed by atoms with Crippen LogP contribution in [-0.4, -0.2) is 42.3 Å². The van der Waals surface area contributed by atoms with Gasteiger partial charge in [-0.25, -0.2) is 9.66 Å². The van der Waals surface area contributed by atoms with Gasteiger partial charge in [0.15, 0.2) is 0 Å². The van der Waals surface area contributed by atoms with Gasteiger partial charge in [-0.1, -0.05) is 30.3 Å². The summed E-state index contributed by atoms with van der Waals surface area (Å²) in [4.78, 5) is 4.85. The summed E-state index contributed by atoms with van der Waals surface area (Å²) in [5, 5.41) is 7.95. The Morgan fingerprint density at radius 1 is 1.07 bits per heavy atom. The second kappa shape index (κ2) is 7.91. The number of nitrogens with zero attached hydrogens (tertiary/aromatic N) is 6. The smallest absolute Gasteiger partial charge is 0.139 e. The van der Waals surface area contributed by atoms with Gasteiger partial charge in [-0.2, -0.15) is 0 Å². The Kier molecular flexibility index (Phi) is 4.96. The molecule has 0 bridgehead atoms. The van der Waals surface area contributed by atoms with Gasteiger partial charge in [0, 0.05) is 41.6 Å². The second-order valence-electron chi connectivity index (χ2n) is 7.98. The summed E-state index contributed by atoms with van der Waals surface area (Å²) in [6.45, 7) is 6.85. The van der Waals surface area contributed by atoms with E-state index in [1.165, 1.54) is 12.0 Å². The molecule has 1 aliphatic rings. The van der Waals surface area contributed by atoms with Crippen LogP contribution in [0.3, 0.4) is 0 Å². The van der Waals surface area contributed by atoms with E-state index in [-0.39, 0.29) is 0 Å². The molecular formula is C23H26N6O. The molecule has 0 radical (unpaired) electrons. The third-order valence-electron chi connectivity index (χ3n) is 5.88. The first-order valence-electron chi connectivity index (χ1n) is 10.4. The van der Waals surface area contributed by atoms with Gasteiger partial charge in [0.05, 0.1) is 24.3 Å². The monoisotopic (exact) mass is 402 g/mol. The number of hydrogen-bond donors (Lipinski definition) is 0. The van der Waals surface area contributed by atoms with Crippen molar-refractivity contribution in [2.24, 2.45) is 5.92 Å². The average Bonchev–Trinajstić information content (AvgIpc) is 3.49. The van der Waals surface area contributed by atoms with Crippen LogP contribution in [0.15, 0.2) is 55.4 Å². The van der Waals surface area contributed by atoms with Crippen molar-refractivity contribution in [1.29, 1.82) is 0 Å². The maximum Gasteiger partial charge on any atom is 0.139 e. The summed E-state index contributed by atoms with van der Waals surface area (Å²) in [6, 6.07) is 12.6. The first-order valence-corrected chi connectivity index (χ1v) is 10.4. The van der Waals surface area contributed by atoms with Crippen molar-refractivity contribution >= 4 is 0 Å². The minimum atomic E-state index is 0.511. The molecule has 4 aromatic rings. The molecule has 30 heavy (non-hydrogen) atoms. The summed E-state index contributed by atoms with van der Waals surface area (Å²) in [5.41, 5.74) is 6.71. The Bertz CT molecular complexity index is 1120. The fourth-order valence-corrected chi connectivity index (χ4v) is 4.49. The van der Waals surface area contributed by atoms with Crippen molar-refractivity contribution in [2.75, 3.05) is 13.2 Å². The molecule has 0 unspecified atom stereocenters. The van der Waals surface area contributed by atoms with Crippen LogP contribution in [0.1, 0.15) is 24.2 Å². The minimum Gasteiger partial charge on any atom is -0.381 e. The molecule has 1 saturated heterocycles. The van der Waals surface area contributed by atoms with Crippen molar-refractivity contribution in [3.63, 3.8) is 0 Å². The van der Waals surface area contributed by atoms with Crippen molar-refractivity contribution in [3.05, 3.63) is 66.8 Å². The molecule has 0 amide bonds. The van der Waals surface area contributed by atoms with E-state index >= 15 is 0 Å². The molecule has 4 heterocycles. The van der Waals surface area contributed by atoms with Crippen LogP contribution in [0.5, 0.6) is 0 Å². The third kappa shape index (κ3) is 3.35. The summed E-state index contributed by atoms with van der Waals surface area (Å²) in [6.07, 6.45) is 7.74. The summed E-state index contributed by atoms with van der Waals surface area (Å²) < 4.78 is 12.1. The number of aryl methyl sites for hydroxylation is 1. The Morgan fingerprint density at radius 3 is 2.60 bits per heavy atom. The average molecular weight is 403 g/mol. The fraction of sp³-hybridized carbons (Fsp3) is 0.348. The van der Waals surface area contributed by atoms with Gasteiger partial charge >= 0.3 is 0 Å². The molecule has 0 aliphatic carbocycles. The molecule has 7 heteroatoms. The standard InChI is InChI=1S/C23H26N6O/c1-17-11-21(18(2)29(17)28-15-25-26-16-28)23-22(20-8-4-3-5-9-20)24-14-27(23)12-19-7-6-10-30-13-19/h3-5,8-9,11,14-16,19H,6-7,10,12-13H2,1-2H3/t19-/m1/s1. The Labute approximate surface area is 175 Å². The van der Waals surface area contributed by atoms with Crippen LogP contribution in [0.4, 0.5) is 0 Å². The van der Waals surface area contributed by atoms with Crippen LogP contribution in [0.25, 0.3) is 22.5 Å². The maximum absolute atomic E-state index is 5.73. The lowest BCUT2D eigenvalue weighted by Gasteiger charge is -2.23. The minimum absolute atomic E-state index is 0.511. The third-order valence-corrected chi connectivity index (χ3v) is 5.88. The number of aromatic nitrogens is 6. The number of hydrogen-bond acceptors (Lipinski definition) is 4. The quantitative estimate of drug-likeness (QED) is 0.507. The molecule has 0 spiro atoms. The summed E-state index contributed by atoms with van der Waals surface area (Å²) in [7, 11) is 0. The zero-order valence-corrected chi connectivity index (χ0v) is 17.4. The first-order chi connectivity index (χ1) is 14.7. The number of benzene rings is 1. The summed E-state index contributed by atoms with van der Waals surface area (Å²) >= 11 is 0. The van der Waals surface area contributed by atoms with Gasteiger partial charge in [0.1, 0.15) is 12.7 Å². The van der Waals surface area contributed by atoms with Crippen LogP contribution in [0, 0.1) is 19.8 Å². The Balaban J connectivity index is 1.64. The molecule has 1 fully saturated rings. The summed E-state index contributed by atoms with van der Waals surface area (Å²) in [5.74, 6) is 0.511. The molecule has 154 valence electrons. The molecule has 5 rings (SSSR count). The zero-order valence-electron chi connectivity index (χ0n) is 17.4. The van der Waals surface area contributed by atoms with E-state index in [1.54, 1.807) is 12.7 Å². The number of imidazole rings is 1. The molecule has 1 aromatic carbocycles. The normalized spacial score (nSPS) is 16.8. The highest BCUT2D eigenvalue weighted by Gasteiger charge is 2.23. The lowest BCUT2D eigenvalue weighted by molar-refractivity contribution is 0.0485. The van der Waals surface area contributed by atoms with E-state index in [0.29, 0.717) is 5.92 Å². The van der Waals surface area contributed by atoms with Crippen LogP contribution in [-0.2, 0) is 11.3 Å². The molecule has 7 nitrogen and oxygen atoms in total. The molecule has 3 aromatic heterocycles. The maximum atomic E-state index is 5.73. The Morgan fingerprint density at radius 2 is 1.87 bits per heavy atom. The van der Waals surface area contributed by atoms with Crippen LogP contribution < -0.4 is 0 Å². The number of ether oxygens (including phenoxy) is 1. The van der Waals surface area contributed by atoms with Crippen LogP contribution in [0.2, 0.25) is 0 Å². The lowest BCUT2D eigenvalue weighted by Crippen LogP contribution is -2.22. The van der Waals surface area contributed by atoms with Crippen molar-refractivity contribution in [2.45, 2.75) is 33.2 Å². The van der Waals surface area contributed by atoms with E-state index in [4.69, 9.17) is 9.72 Å². The van der Waals surface area contributed by atoms with Crippen molar-refractivity contribution in [3.8, 4) is 22.5 Å². The van der Waals surface area contributed by atoms with E-state index in [9.17, 15) is 0 Å². The van der Waals surface area contributed by atoms with Crippen molar-refractivity contribution < 1.29 is 4.74 Å². The van der Waals surface area contributed by atoms with Gasteiger partial charge in [0.2, 0.25) is 0 Å². The SMILES string of the molecule is Cc1cc(-c2c(-c3ccccc3)ncn2C[C@H]2CCCOC2)c(C)n1-n1cnnc1. The van der Waals surface area contributed by atoms with Gasteiger partial charge in [-0.05, 0) is 32.8 Å². The largest absolute Gasteiger partial charge is 0.381 e. The molecular weight excluding hydrogens is 376 g/mol. The topological polar surface area (TPSA) is 62.7 Å². The lowest BCUT2D eigenvalue weighted by atomic mass is 10.0. The Hall–Kier alpha value is -3.19. The first kappa shape index (κ1) is 18.8. The van der Waals surface area contributed by atoms with Crippen LogP contribution >= 0.6 is 0 Å². The molecule has 1 aliphatic heterocycles. The second-order valence-corrected chi connectivity index (χ2v) is 7.98. The van der Waals surface area contributed by atoms with Gasteiger partial charge in [-0.3, -0.25) is 4.68 Å². The van der Waals surface area contributed by atoms with E-state index in [1.807, 2.05) is 17.1 Å². The highest BCUT2D eigenvalue weighted by Crippen LogP contribution is 2.35. The van der Waals surface area contributed by atoms with Gasteiger partial charge in [0.25, 0.3) is 0 Å². The zero-order chi connectivity index (χ0) is 20.5. The van der Waals surface area contributed by atoms with Gasteiger partial charge < -0.3 is 9.30 Å². The molecule has 0 N–H and O–H groups in total. The highest BCUT2D eigenvalue weighted by molar-refractivity contribution is 5.80. The predicted octanol–water partition coefficient (Wildman–Crippen LogP) is 3.96. The predicted molar refractivity (Wildman–Crippen MR) is 115 cm³/mol. The molecule has 0 saturated carbocycles. The molecule has 1 atom stereocenters.